The predicted molar refractivity (Wildman–Crippen MR) is 71.5 cm³/mol. The van der Waals surface area contributed by atoms with E-state index >= 15 is 0 Å². The van der Waals surface area contributed by atoms with Gasteiger partial charge in [0, 0.05) is 12.0 Å². The van der Waals surface area contributed by atoms with Crippen LogP contribution in [0.15, 0.2) is 18.2 Å². The van der Waals surface area contributed by atoms with Crippen molar-refractivity contribution in [1.82, 2.24) is 0 Å². The van der Waals surface area contributed by atoms with Gasteiger partial charge in [-0.25, -0.2) is 0 Å². The molecule has 1 atom stereocenters. The number of ketones is 1. The van der Waals surface area contributed by atoms with Crippen LogP contribution in [0.2, 0.25) is 0 Å². The second-order valence-corrected chi connectivity index (χ2v) is 5.36. The minimum atomic E-state index is 0.320. The number of carbonyl (C=O) groups is 1. The van der Waals surface area contributed by atoms with Crippen molar-refractivity contribution in [2.75, 3.05) is 0 Å². The van der Waals surface area contributed by atoms with Gasteiger partial charge < -0.3 is 0 Å². The zero-order valence-corrected chi connectivity index (χ0v) is 11.0. The lowest BCUT2D eigenvalue weighted by atomic mass is 9.95. The van der Waals surface area contributed by atoms with Crippen molar-refractivity contribution in [1.29, 1.82) is 0 Å². The Kier molecular flexibility index (Phi) is 3.98. The van der Waals surface area contributed by atoms with Crippen LogP contribution >= 0.6 is 0 Å². The van der Waals surface area contributed by atoms with Crippen molar-refractivity contribution in [3.8, 4) is 0 Å². The Bertz CT molecular complexity index is 406. The van der Waals surface area contributed by atoms with Gasteiger partial charge in [-0.3, -0.25) is 4.79 Å². The Labute approximate surface area is 104 Å². The molecule has 1 nitrogen and oxygen atoms in total. The average molecular weight is 230 g/mol. The van der Waals surface area contributed by atoms with Gasteiger partial charge in [0.1, 0.15) is 0 Å². The summed E-state index contributed by atoms with van der Waals surface area (Å²) in [6.07, 6.45) is 6.61. The number of benzene rings is 1. The predicted octanol–water partition coefficient (Wildman–Crippen LogP) is 4.18. The second kappa shape index (κ2) is 5.48. The van der Waals surface area contributed by atoms with E-state index in [1.807, 2.05) is 6.07 Å². The third-order valence-electron chi connectivity index (χ3n) is 3.74. The molecule has 0 amide bonds. The van der Waals surface area contributed by atoms with Crippen molar-refractivity contribution >= 4 is 5.78 Å². The van der Waals surface area contributed by atoms with Crippen LogP contribution in [0.25, 0.3) is 0 Å². The van der Waals surface area contributed by atoms with Crippen LogP contribution in [0, 0.1) is 5.92 Å². The summed E-state index contributed by atoms with van der Waals surface area (Å²) in [5, 5.41) is 0. The molecule has 0 saturated heterocycles. The molecule has 17 heavy (non-hydrogen) atoms. The Morgan fingerprint density at radius 2 is 2.06 bits per heavy atom. The molecule has 0 aliphatic heterocycles. The highest BCUT2D eigenvalue weighted by molar-refractivity contribution is 5.96. The maximum atomic E-state index is 12.1. The van der Waals surface area contributed by atoms with Crippen LogP contribution in [-0.4, -0.2) is 5.78 Å². The monoisotopic (exact) mass is 230 g/mol. The number of hydrogen-bond donors (Lipinski definition) is 0. The standard InChI is InChI=1S/C16H22O/c1-3-5-12(2)10-16(17)15-9-8-13-6-4-7-14(13)11-15/h8-9,11-12H,3-7,10H2,1-2H3. The number of rotatable bonds is 5. The molecule has 0 spiro atoms. The van der Waals surface area contributed by atoms with Crippen molar-refractivity contribution in [2.24, 2.45) is 5.92 Å². The highest BCUT2D eigenvalue weighted by Gasteiger charge is 2.15. The topological polar surface area (TPSA) is 17.1 Å². The zero-order chi connectivity index (χ0) is 12.3. The summed E-state index contributed by atoms with van der Waals surface area (Å²) in [7, 11) is 0. The zero-order valence-electron chi connectivity index (χ0n) is 11.0. The van der Waals surface area contributed by atoms with E-state index in [0.29, 0.717) is 18.1 Å². The molecule has 0 aromatic heterocycles. The molecule has 0 fully saturated rings. The van der Waals surface area contributed by atoms with E-state index in [1.165, 1.54) is 30.4 Å². The molecule has 1 aliphatic rings. The molecule has 0 radical (unpaired) electrons. The van der Waals surface area contributed by atoms with Crippen LogP contribution in [0.5, 0.6) is 0 Å². The molecule has 1 aromatic rings. The van der Waals surface area contributed by atoms with E-state index in [0.717, 1.165) is 18.4 Å². The second-order valence-electron chi connectivity index (χ2n) is 5.36. The van der Waals surface area contributed by atoms with Gasteiger partial charge in [-0.05, 0) is 42.4 Å². The summed E-state index contributed by atoms with van der Waals surface area (Å²) in [6, 6.07) is 6.30. The van der Waals surface area contributed by atoms with Gasteiger partial charge >= 0.3 is 0 Å². The first-order valence-electron chi connectivity index (χ1n) is 6.85. The fraction of sp³-hybridized carbons (Fsp3) is 0.562. The van der Waals surface area contributed by atoms with Gasteiger partial charge in [-0.2, -0.15) is 0 Å². The maximum Gasteiger partial charge on any atom is 0.163 e. The Balaban J connectivity index is 2.04. The van der Waals surface area contributed by atoms with Crippen molar-refractivity contribution in [2.45, 2.75) is 52.4 Å². The van der Waals surface area contributed by atoms with Crippen LogP contribution in [0.1, 0.15) is 61.0 Å². The molecular formula is C16H22O. The molecule has 1 unspecified atom stereocenters. The number of Topliss-reactive ketones (excluding diaryl/α,β-unsaturated/α-hetero) is 1. The van der Waals surface area contributed by atoms with E-state index in [1.54, 1.807) is 0 Å². The van der Waals surface area contributed by atoms with E-state index in [2.05, 4.69) is 26.0 Å². The van der Waals surface area contributed by atoms with Crippen LogP contribution in [0.3, 0.4) is 0 Å². The molecule has 2 rings (SSSR count). The number of aryl methyl sites for hydroxylation is 2. The first kappa shape index (κ1) is 12.3. The third-order valence-corrected chi connectivity index (χ3v) is 3.74. The molecule has 0 heterocycles. The van der Waals surface area contributed by atoms with Gasteiger partial charge in [0.05, 0.1) is 0 Å². The van der Waals surface area contributed by atoms with Crippen molar-refractivity contribution < 1.29 is 4.79 Å². The summed E-state index contributed by atoms with van der Waals surface area (Å²) in [5.41, 5.74) is 3.77. The fourth-order valence-electron chi connectivity index (χ4n) is 2.77. The van der Waals surface area contributed by atoms with Crippen molar-refractivity contribution in [3.63, 3.8) is 0 Å². The molecule has 0 N–H and O–H groups in total. The van der Waals surface area contributed by atoms with Gasteiger partial charge in [-0.15, -0.1) is 0 Å². The van der Waals surface area contributed by atoms with Crippen molar-refractivity contribution in [3.05, 3.63) is 34.9 Å². The molecule has 1 aromatic carbocycles. The third kappa shape index (κ3) is 2.96. The van der Waals surface area contributed by atoms with Crippen LogP contribution < -0.4 is 0 Å². The number of carbonyl (C=O) groups excluding carboxylic acids is 1. The SMILES string of the molecule is CCCC(C)CC(=O)c1ccc2c(c1)CCC2. The van der Waals surface area contributed by atoms with E-state index in [-0.39, 0.29) is 0 Å². The Morgan fingerprint density at radius 3 is 2.82 bits per heavy atom. The summed E-state index contributed by atoms with van der Waals surface area (Å²) in [4.78, 5) is 12.1. The van der Waals surface area contributed by atoms with Crippen LogP contribution in [0.4, 0.5) is 0 Å². The van der Waals surface area contributed by atoms with E-state index < -0.39 is 0 Å². The number of hydrogen-bond acceptors (Lipinski definition) is 1. The highest BCUT2D eigenvalue weighted by Crippen LogP contribution is 2.24. The summed E-state index contributed by atoms with van der Waals surface area (Å²) >= 11 is 0. The fourth-order valence-corrected chi connectivity index (χ4v) is 2.77. The average Bonchev–Trinajstić information content (AvgIpc) is 2.75. The van der Waals surface area contributed by atoms with Gasteiger partial charge in [0.25, 0.3) is 0 Å². The highest BCUT2D eigenvalue weighted by atomic mass is 16.1. The Hall–Kier alpha value is -1.11. The number of fused-ring (bicyclic) bond motifs is 1. The molecular weight excluding hydrogens is 208 g/mol. The normalized spacial score (nSPS) is 15.6. The largest absolute Gasteiger partial charge is 0.294 e. The molecule has 0 saturated carbocycles. The van der Waals surface area contributed by atoms with Gasteiger partial charge in [-0.1, -0.05) is 38.8 Å². The van der Waals surface area contributed by atoms with E-state index in [4.69, 9.17) is 0 Å². The Morgan fingerprint density at radius 1 is 1.29 bits per heavy atom. The van der Waals surface area contributed by atoms with E-state index in [9.17, 15) is 4.79 Å². The molecule has 1 heteroatoms. The lowest BCUT2D eigenvalue weighted by Gasteiger charge is -2.09. The molecule has 0 bridgehead atoms. The summed E-state index contributed by atoms with van der Waals surface area (Å²) in [6.45, 7) is 4.35. The first-order valence-corrected chi connectivity index (χ1v) is 6.85. The molecule has 1 aliphatic carbocycles. The lowest BCUT2D eigenvalue weighted by molar-refractivity contribution is 0.0962. The first-order chi connectivity index (χ1) is 8.20. The lowest BCUT2D eigenvalue weighted by Crippen LogP contribution is -2.06. The minimum Gasteiger partial charge on any atom is -0.294 e. The summed E-state index contributed by atoms with van der Waals surface area (Å²) in [5.74, 6) is 0.835. The molecule has 92 valence electrons. The van der Waals surface area contributed by atoms with Gasteiger partial charge in [0.15, 0.2) is 5.78 Å². The van der Waals surface area contributed by atoms with Crippen LogP contribution in [-0.2, 0) is 12.8 Å². The maximum absolute atomic E-state index is 12.1. The van der Waals surface area contributed by atoms with Gasteiger partial charge in [0.2, 0.25) is 0 Å². The smallest absolute Gasteiger partial charge is 0.163 e. The minimum absolute atomic E-state index is 0.320. The quantitative estimate of drug-likeness (QED) is 0.693. The summed E-state index contributed by atoms with van der Waals surface area (Å²) < 4.78 is 0.